The first kappa shape index (κ1) is 12.7. The van der Waals surface area contributed by atoms with Crippen LogP contribution in [0.1, 0.15) is 58.3 Å². The highest BCUT2D eigenvalue weighted by atomic mass is 16.2. The van der Waals surface area contributed by atoms with Gasteiger partial charge in [0.1, 0.15) is 0 Å². The molecule has 0 aromatic heterocycles. The van der Waals surface area contributed by atoms with E-state index >= 15 is 0 Å². The van der Waals surface area contributed by atoms with Crippen LogP contribution in [-0.2, 0) is 0 Å². The second-order valence-electron chi connectivity index (χ2n) is 3.74. The van der Waals surface area contributed by atoms with Crippen molar-refractivity contribution in [3.8, 4) is 0 Å². The maximum absolute atomic E-state index is 8.65. The predicted molar refractivity (Wildman–Crippen MR) is 58.8 cm³/mol. The molecule has 0 saturated carbocycles. The third-order valence-electron chi connectivity index (χ3n) is 2.35. The first-order valence-corrected chi connectivity index (χ1v) is 5.58. The molecule has 1 nitrogen and oxygen atoms in total. The van der Waals surface area contributed by atoms with E-state index in [-0.39, 0.29) is 6.61 Å². The lowest BCUT2D eigenvalue weighted by Crippen LogP contribution is -1.88. The summed E-state index contributed by atoms with van der Waals surface area (Å²) >= 11 is 0. The van der Waals surface area contributed by atoms with Gasteiger partial charge in [-0.1, -0.05) is 51.2 Å². The molecule has 0 radical (unpaired) electrons. The van der Waals surface area contributed by atoms with E-state index in [2.05, 4.69) is 13.5 Å². The summed E-state index contributed by atoms with van der Waals surface area (Å²) in [5, 5.41) is 8.65. The first-order valence-electron chi connectivity index (χ1n) is 5.58. The van der Waals surface area contributed by atoms with Crippen LogP contribution in [0.4, 0.5) is 0 Å². The molecule has 0 amide bonds. The smallest absolute Gasteiger partial charge is 0.0468 e. The summed E-state index contributed by atoms with van der Waals surface area (Å²) in [6.07, 6.45) is 9.90. The van der Waals surface area contributed by atoms with Crippen molar-refractivity contribution >= 4 is 0 Å². The third-order valence-corrected chi connectivity index (χ3v) is 2.35. The molecule has 0 fully saturated rings. The topological polar surface area (TPSA) is 20.2 Å². The van der Waals surface area contributed by atoms with Gasteiger partial charge in [-0.05, 0) is 19.3 Å². The second kappa shape index (κ2) is 9.79. The molecular formula is C12H24O. The molecule has 1 N–H and O–H groups in total. The monoisotopic (exact) mass is 184 g/mol. The fourth-order valence-corrected chi connectivity index (χ4v) is 1.44. The zero-order valence-corrected chi connectivity index (χ0v) is 9.02. The van der Waals surface area contributed by atoms with Gasteiger partial charge in [-0.3, -0.25) is 0 Å². The molecule has 78 valence electrons. The number of rotatable bonds is 9. The Kier molecular flexibility index (Phi) is 9.56. The zero-order valence-electron chi connectivity index (χ0n) is 9.02. The standard InChI is InChI=1S/C12H24O/c1-3-4-5-6-7-8-9-12(2)10-11-13/h13H,2-11H2,1H3. The summed E-state index contributed by atoms with van der Waals surface area (Å²) in [7, 11) is 0. The number of hydrogen-bond acceptors (Lipinski definition) is 1. The molecule has 0 bridgehead atoms. The van der Waals surface area contributed by atoms with Crippen LogP contribution in [0.3, 0.4) is 0 Å². The molecule has 0 aromatic rings. The van der Waals surface area contributed by atoms with E-state index in [4.69, 9.17) is 5.11 Å². The summed E-state index contributed by atoms with van der Waals surface area (Å²) in [6, 6.07) is 0. The molecule has 0 aromatic carbocycles. The summed E-state index contributed by atoms with van der Waals surface area (Å²) < 4.78 is 0. The van der Waals surface area contributed by atoms with Crippen LogP contribution in [-0.4, -0.2) is 11.7 Å². The second-order valence-corrected chi connectivity index (χ2v) is 3.74. The van der Waals surface area contributed by atoms with Crippen LogP contribution in [0.15, 0.2) is 12.2 Å². The van der Waals surface area contributed by atoms with Crippen molar-refractivity contribution in [2.75, 3.05) is 6.61 Å². The molecule has 0 rings (SSSR count). The van der Waals surface area contributed by atoms with Crippen molar-refractivity contribution in [2.24, 2.45) is 0 Å². The summed E-state index contributed by atoms with van der Waals surface area (Å²) in [6.45, 7) is 6.42. The highest BCUT2D eigenvalue weighted by molar-refractivity contribution is 4.93. The van der Waals surface area contributed by atoms with Crippen molar-refractivity contribution in [3.05, 3.63) is 12.2 Å². The SMILES string of the molecule is C=C(CCO)CCCCCCCC. The number of unbranched alkanes of at least 4 members (excludes halogenated alkanes) is 5. The minimum atomic E-state index is 0.259. The summed E-state index contributed by atoms with van der Waals surface area (Å²) in [4.78, 5) is 0. The lowest BCUT2D eigenvalue weighted by atomic mass is 10.0. The van der Waals surface area contributed by atoms with Crippen molar-refractivity contribution < 1.29 is 5.11 Å². The quantitative estimate of drug-likeness (QED) is 0.428. The molecule has 0 aliphatic heterocycles. The minimum absolute atomic E-state index is 0.259. The Bertz CT molecular complexity index is 118. The van der Waals surface area contributed by atoms with E-state index in [9.17, 15) is 0 Å². The van der Waals surface area contributed by atoms with E-state index in [1.165, 1.54) is 44.1 Å². The van der Waals surface area contributed by atoms with Gasteiger partial charge < -0.3 is 5.11 Å². The molecule has 13 heavy (non-hydrogen) atoms. The van der Waals surface area contributed by atoms with Gasteiger partial charge in [-0.25, -0.2) is 0 Å². The van der Waals surface area contributed by atoms with Gasteiger partial charge in [-0.15, -0.1) is 0 Å². The minimum Gasteiger partial charge on any atom is -0.396 e. The largest absolute Gasteiger partial charge is 0.396 e. The molecule has 0 atom stereocenters. The van der Waals surface area contributed by atoms with Crippen molar-refractivity contribution in [3.63, 3.8) is 0 Å². The fraction of sp³-hybridized carbons (Fsp3) is 0.833. The number of aliphatic hydroxyl groups excluding tert-OH is 1. The highest BCUT2D eigenvalue weighted by Gasteiger charge is 1.94. The fourth-order valence-electron chi connectivity index (χ4n) is 1.44. The predicted octanol–water partition coefficient (Wildman–Crippen LogP) is 3.68. The normalized spacial score (nSPS) is 10.3. The first-order chi connectivity index (χ1) is 6.31. The highest BCUT2D eigenvalue weighted by Crippen LogP contribution is 2.12. The number of hydrogen-bond donors (Lipinski definition) is 1. The van der Waals surface area contributed by atoms with Gasteiger partial charge in [0.25, 0.3) is 0 Å². The molecule has 0 unspecified atom stereocenters. The summed E-state index contributed by atoms with van der Waals surface area (Å²) in [5.74, 6) is 0. The van der Waals surface area contributed by atoms with E-state index < -0.39 is 0 Å². The van der Waals surface area contributed by atoms with Gasteiger partial charge in [0.05, 0.1) is 0 Å². The molecule has 0 spiro atoms. The van der Waals surface area contributed by atoms with E-state index in [1.54, 1.807) is 0 Å². The Morgan fingerprint density at radius 2 is 1.62 bits per heavy atom. The van der Waals surface area contributed by atoms with Crippen LogP contribution in [0, 0.1) is 0 Å². The van der Waals surface area contributed by atoms with E-state index in [1.807, 2.05) is 0 Å². The van der Waals surface area contributed by atoms with Crippen molar-refractivity contribution in [2.45, 2.75) is 58.3 Å². The Morgan fingerprint density at radius 3 is 2.23 bits per heavy atom. The molecular weight excluding hydrogens is 160 g/mol. The molecule has 0 heterocycles. The third kappa shape index (κ3) is 9.62. The average Bonchev–Trinajstić information content (AvgIpc) is 2.11. The Balaban J connectivity index is 3.02. The van der Waals surface area contributed by atoms with Crippen LogP contribution in [0.25, 0.3) is 0 Å². The molecule has 0 aliphatic carbocycles. The van der Waals surface area contributed by atoms with Gasteiger partial charge in [0.2, 0.25) is 0 Å². The van der Waals surface area contributed by atoms with Gasteiger partial charge in [-0.2, -0.15) is 0 Å². The average molecular weight is 184 g/mol. The van der Waals surface area contributed by atoms with Crippen LogP contribution >= 0.6 is 0 Å². The Morgan fingerprint density at radius 1 is 1.00 bits per heavy atom. The molecule has 1 heteroatoms. The molecule has 0 saturated heterocycles. The Labute approximate surface area is 82.9 Å². The lowest BCUT2D eigenvalue weighted by molar-refractivity contribution is 0.297. The summed E-state index contributed by atoms with van der Waals surface area (Å²) in [5.41, 5.74) is 1.21. The van der Waals surface area contributed by atoms with Crippen LogP contribution in [0.5, 0.6) is 0 Å². The van der Waals surface area contributed by atoms with Crippen LogP contribution < -0.4 is 0 Å². The van der Waals surface area contributed by atoms with Gasteiger partial charge in [0.15, 0.2) is 0 Å². The van der Waals surface area contributed by atoms with Gasteiger partial charge >= 0.3 is 0 Å². The molecule has 0 aliphatic rings. The van der Waals surface area contributed by atoms with Crippen molar-refractivity contribution in [1.82, 2.24) is 0 Å². The maximum atomic E-state index is 8.65. The van der Waals surface area contributed by atoms with Gasteiger partial charge in [0, 0.05) is 6.61 Å². The number of aliphatic hydroxyl groups is 1. The van der Waals surface area contributed by atoms with E-state index in [0.717, 1.165) is 12.8 Å². The van der Waals surface area contributed by atoms with E-state index in [0.29, 0.717) is 0 Å². The Hall–Kier alpha value is -0.300. The maximum Gasteiger partial charge on any atom is 0.0468 e. The zero-order chi connectivity index (χ0) is 9.94. The van der Waals surface area contributed by atoms with Crippen molar-refractivity contribution in [1.29, 1.82) is 0 Å². The van der Waals surface area contributed by atoms with Crippen LogP contribution in [0.2, 0.25) is 0 Å². The lowest BCUT2D eigenvalue weighted by Gasteiger charge is -2.03.